The van der Waals surface area contributed by atoms with E-state index in [9.17, 15) is 27.6 Å². The maximum Gasteiger partial charge on any atom is 0.413 e. The second-order valence-electron chi connectivity index (χ2n) is 13.8. The monoisotopic (exact) mass is 777 g/mol. The number of ether oxygens (including phenoxy) is 4. The van der Waals surface area contributed by atoms with E-state index >= 15 is 4.39 Å². The number of carbonyl (C=O) groups is 4. The lowest BCUT2D eigenvalue weighted by atomic mass is 10.2. The van der Waals surface area contributed by atoms with Gasteiger partial charge in [-0.15, -0.1) is 11.3 Å². The van der Waals surface area contributed by atoms with Crippen LogP contribution in [0, 0.1) is 11.7 Å². The van der Waals surface area contributed by atoms with Gasteiger partial charge in [0.1, 0.15) is 33.6 Å². The van der Waals surface area contributed by atoms with Gasteiger partial charge in [0.15, 0.2) is 5.69 Å². The van der Waals surface area contributed by atoms with E-state index in [-0.39, 0.29) is 29.8 Å². The Bertz CT molecular complexity index is 1900. The standard InChI is InChI=1S/C35H44FN5O10S2/c1-21(2)19-49-31(43)29-30(52-20-37-29)41(18-22-10-12-23(48-9)13-11-22)53(46,47)24-14-15-26(25(36)16-24)38-28(42)17-27(39-32(44)50-34(3,4)5)40-33(45)51-35(6,7)8/h10-17,20-21H,18-19H2,1-9H3,(H,38,42)(H,39,44)(H,40,45). The molecule has 0 aliphatic rings. The molecule has 0 fully saturated rings. The summed E-state index contributed by atoms with van der Waals surface area (Å²) < 4.78 is 65.8. The van der Waals surface area contributed by atoms with Gasteiger partial charge in [-0.05, 0) is 83.4 Å². The van der Waals surface area contributed by atoms with Gasteiger partial charge in [0.25, 0.3) is 15.9 Å². The highest BCUT2D eigenvalue weighted by Crippen LogP contribution is 2.34. The van der Waals surface area contributed by atoms with Gasteiger partial charge in [0.2, 0.25) is 0 Å². The number of carbonyl (C=O) groups excluding carboxylic acids is 4. The van der Waals surface area contributed by atoms with Crippen LogP contribution in [0.15, 0.2) is 64.8 Å². The average Bonchev–Trinajstić information content (AvgIpc) is 3.51. The molecule has 3 aromatic rings. The first-order chi connectivity index (χ1) is 24.6. The van der Waals surface area contributed by atoms with Gasteiger partial charge in [0, 0.05) is 6.08 Å². The number of esters is 1. The molecule has 3 rings (SSSR count). The van der Waals surface area contributed by atoms with Gasteiger partial charge in [-0.3, -0.25) is 19.7 Å². The van der Waals surface area contributed by atoms with Crippen molar-refractivity contribution in [2.45, 2.75) is 78.0 Å². The molecule has 3 amide bonds. The van der Waals surface area contributed by atoms with Crippen molar-refractivity contribution >= 4 is 56.1 Å². The highest BCUT2D eigenvalue weighted by Gasteiger charge is 2.32. The number of rotatable bonds is 13. The fraction of sp³-hybridized carbons (Fsp3) is 0.400. The molecule has 288 valence electrons. The molecule has 2 aromatic carbocycles. The quantitative estimate of drug-likeness (QED) is 0.0999. The molecular weight excluding hydrogens is 734 g/mol. The summed E-state index contributed by atoms with van der Waals surface area (Å²) in [6.45, 7) is 13.1. The molecule has 1 heterocycles. The zero-order valence-electron chi connectivity index (χ0n) is 30.9. The van der Waals surface area contributed by atoms with E-state index in [4.69, 9.17) is 18.9 Å². The predicted molar refractivity (Wildman–Crippen MR) is 195 cm³/mol. The van der Waals surface area contributed by atoms with Gasteiger partial charge < -0.3 is 24.3 Å². The van der Waals surface area contributed by atoms with E-state index in [0.717, 1.165) is 33.9 Å². The Balaban J connectivity index is 1.96. The first-order valence-corrected chi connectivity index (χ1v) is 18.5. The first kappa shape index (κ1) is 42.2. The fourth-order valence-electron chi connectivity index (χ4n) is 4.15. The zero-order valence-corrected chi connectivity index (χ0v) is 32.5. The number of alkyl carbamates (subject to hydrolysis) is 2. The Kier molecular flexibility index (Phi) is 13.9. The molecule has 53 heavy (non-hydrogen) atoms. The Labute approximate surface area is 311 Å². The second-order valence-corrected chi connectivity index (χ2v) is 16.5. The summed E-state index contributed by atoms with van der Waals surface area (Å²) in [7, 11) is -3.11. The molecule has 0 spiro atoms. The number of nitrogens with one attached hydrogen (secondary N) is 3. The molecule has 3 N–H and O–H groups in total. The number of sulfonamides is 1. The van der Waals surface area contributed by atoms with Gasteiger partial charge in [-0.2, -0.15) is 0 Å². The Morgan fingerprint density at radius 1 is 0.943 bits per heavy atom. The van der Waals surface area contributed by atoms with Gasteiger partial charge in [-0.25, -0.2) is 32.2 Å². The van der Waals surface area contributed by atoms with Crippen LogP contribution in [0.25, 0.3) is 0 Å². The Hall–Kier alpha value is -5.23. The minimum atomic E-state index is -4.59. The Morgan fingerprint density at radius 3 is 2.04 bits per heavy atom. The topological polar surface area (TPSA) is 192 Å². The van der Waals surface area contributed by atoms with Crippen LogP contribution in [-0.4, -0.2) is 62.4 Å². The molecule has 0 bridgehead atoms. The summed E-state index contributed by atoms with van der Waals surface area (Å²) >= 11 is 0.879. The number of amides is 3. The van der Waals surface area contributed by atoms with Crippen molar-refractivity contribution in [1.82, 2.24) is 15.6 Å². The third-order valence-electron chi connectivity index (χ3n) is 6.33. The van der Waals surface area contributed by atoms with E-state index in [1.165, 1.54) is 12.6 Å². The number of hydrogen-bond acceptors (Lipinski definition) is 12. The smallest absolute Gasteiger partial charge is 0.413 e. The Morgan fingerprint density at radius 2 is 1.53 bits per heavy atom. The number of halogens is 1. The lowest BCUT2D eigenvalue weighted by Crippen LogP contribution is -2.41. The maximum absolute atomic E-state index is 15.6. The van der Waals surface area contributed by atoms with Crippen molar-refractivity contribution in [3.63, 3.8) is 0 Å². The molecule has 0 saturated heterocycles. The lowest BCUT2D eigenvalue weighted by molar-refractivity contribution is -0.112. The van der Waals surface area contributed by atoms with Gasteiger partial charge >= 0.3 is 18.2 Å². The summed E-state index contributed by atoms with van der Waals surface area (Å²) in [5.74, 6) is -2.90. The molecule has 0 radical (unpaired) electrons. The summed E-state index contributed by atoms with van der Waals surface area (Å²) in [5, 5.41) is 6.66. The SMILES string of the molecule is COc1ccc(CN(c2scnc2C(=O)OCC(C)C)S(=O)(=O)c2ccc(NC(=O)C=C(NC(=O)OC(C)(C)C)NC(=O)OC(C)(C)C)c(F)c2)cc1. The molecule has 0 saturated carbocycles. The van der Waals surface area contributed by atoms with Crippen molar-refractivity contribution in [3.8, 4) is 5.75 Å². The van der Waals surface area contributed by atoms with E-state index in [0.29, 0.717) is 17.4 Å². The molecular formula is C35H44FN5O10S2. The van der Waals surface area contributed by atoms with Crippen LogP contribution in [0.5, 0.6) is 5.75 Å². The zero-order chi connectivity index (χ0) is 39.7. The largest absolute Gasteiger partial charge is 0.497 e. The van der Waals surface area contributed by atoms with Crippen LogP contribution < -0.4 is 25.0 Å². The average molecular weight is 778 g/mol. The van der Waals surface area contributed by atoms with Crippen molar-refractivity contribution in [1.29, 1.82) is 0 Å². The number of nitrogens with zero attached hydrogens (tertiary/aromatic N) is 2. The van der Waals surface area contributed by atoms with Gasteiger partial charge in [0.05, 0.1) is 36.4 Å². The maximum atomic E-state index is 15.6. The van der Waals surface area contributed by atoms with Crippen LogP contribution in [0.3, 0.4) is 0 Å². The minimum absolute atomic E-state index is 0.00621. The third kappa shape index (κ3) is 13.0. The summed E-state index contributed by atoms with van der Waals surface area (Å²) in [4.78, 5) is 54.3. The minimum Gasteiger partial charge on any atom is -0.497 e. The third-order valence-corrected chi connectivity index (χ3v) is 9.04. The molecule has 1 aromatic heterocycles. The number of benzene rings is 2. The number of anilines is 2. The van der Waals surface area contributed by atoms with Gasteiger partial charge in [-0.1, -0.05) is 26.0 Å². The van der Waals surface area contributed by atoms with E-state index in [2.05, 4.69) is 20.9 Å². The van der Waals surface area contributed by atoms with Crippen LogP contribution in [0.4, 0.5) is 24.7 Å². The van der Waals surface area contributed by atoms with Crippen LogP contribution >= 0.6 is 11.3 Å². The van der Waals surface area contributed by atoms with E-state index in [1.807, 2.05) is 13.8 Å². The molecule has 0 aliphatic carbocycles. The summed E-state index contributed by atoms with van der Waals surface area (Å²) in [6.07, 6.45) is -1.27. The molecule has 0 atom stereocenters. The van der Waals surface area contributed by atoms with Crippen LogP contribution in [-0.2, 0) is 35.6 Å². The molecule has 15 nitrogen and oxygen atoms in total. The summed E-state index contributed by atoms with van der Waals surface area (Å²) in [6, 6.07) is 9.32. The molecule has 0 unspecified atom stereocenters. The highest BCUT2D eigenvalue weighted by molar-refractivity contribution is 7.93. The lowest BCUT2D eigenvalue weighted by Gasteiger charge is -2.24. The predicted octanol–water partition coefficient (Wildman–Crippen LogP) is 6.33. The summed E-state index contributed by atoms with van der Waals surface area (Å²) in [5.41, 5.74) is -0.698. The van der Waals surface area contributed by atoms with E-state index < -0.39 is 67.5 Å². The fourth-order valence-corrected chi connectivity index (χ4v) is 6.63. The molecule has 18 heteroatoms. The van der Waals surface area contributed by atoms with Crippen LogP contribution in [0.1, 0.15) is 71.4 Å². The number of methoxy groups -OCH3 is 1. The van der Waals surface area contributed by atoms with Crippen molar-refractivity contribution < 1.29 is 50.9 Å². The van der Waals surface area contributed by atoms with Crippen molar-refractivity contribution in [2.75, 3.05) is 23.3 Å². The normalized spacial score (nSPS) is 11.6. The second kappa shape index (κ2) is 17.5. The highest BCUT2D eigenvalue weighted by atomic mass is 32.2. The van der Waals surface area contributed by atoms with Crippen molar-refractivity contribution in [2.24, 2.45) is 5.92 Å². The van der Waals surface area contributed by atoms with Crippen LogP contribution in [0.2, 0.25) is 0 Å². The van der Waals surface area contributed by atoms with E-state index in [1.54, 1.807) is 65.8 Å². The first-order valence-electron chi connectivity index (χ1n) is 16.2. The van der Waals surface area contributed by atoms with Crippen molar-refractivity contribution in [3.05, 3.63) is 76.9 Å². The number of hydrogen-bond donors (Lipinski definition) is 3. The number of aromatic nitrogens is 1. The molecule has 0 aliphatic heterocycles. The number of thiazole rings is 1.